The minimum absolute atomic E-state index is 0.768. The van der Waals surface area contributed by atoms with Gasteiger partial charge in [-0.05, 0) is 36.8 Å². The summed E-state index contributed by atoms with van der Waals surface area (Å²) in [5.41, 5.74) is 5.47. The van der Waals surface area contributed by atoms with Gasteiger partial charge >= 0.3 is 0 Å². The summed E-state index contributed by atoms with van der Waals surface area (Å²) in [5.74, 6) is 7.37. The average Bonchev–Trinajstić information content (AvgIpc) is 2.98. The molecule has 118 valence electrons. The number of benzene rings is 1. The highest BCUT2D eigenvalue weighted by molar-refractivity contribution is 7.98. The van der Waals surface area contributed by atoms with Crippen LogP contribution in [-0.2, 0) is 18.6 Å². The number of thioether (sulfide) groups is 1. The fourth-order valence-corrected chi connectivity index (χ4v) is 5.15. The van der Waals surface area contributed by atoms with Gasteiger partial charge < -0.3 is 5.43 Å². The summed E-state index contributed by atoms with van der Waals surface area (Å²) in [4.78, 5) is 11.9. The Bertz CT molecular complexity index is 829. The number of hydrogen-bond acceptors (Lipinski definition) is 6. The van der Waals surface area contributed by atoms with Gasteiger partial charge in [0.1, 0.15) is 4.83 Å². The van der Waals surface area contributed by atoms with Gasteiger partial charge in [-0.15, -0.1) is 11.3 Å². The number of rotatable bonds is 4. The molecule has 1 aliphatic carbocycles. The topological polar surface area (TPSA) is 63.8 Å². The summed E-state index contributed by atoms with van der Waals surface area (Å²) in [6.07, 6.45) is 4.79. The first kappa shape index (κ1) is 14.9. The molecule has 0 atom stereocenters. The first-order valence-electron chi connectivity index (χ1n) is 7.81. The van der Waals surface area contributed by atoms with Gasteiger partial charge in [0, 0.05) is 10.6 Å². The average molecular weight is 342 g/mol. The number of nitrogens with zero attached hydrogens (tertiary/aromatic N) is 2. The summed E-state index contributed by atoms with van der Waals surface area (Å²) in [6.45, 7) is 0. The maximum atomic E-state index is 5.74. The van der Waals surface area contributed by atoms with Crippen molar-refractivity contribution in [3.05, 3.63) is 46.3 Å². The van der Waals surface area contributed by atoms with E-state index in [1.54, 1.807) is 23.1 Å². The molecule has 0 fully saturated rings. The molecular formula is C17H18N4S2. The molecule has 2 aromatic heterocycles. The number of hydrazine groups is 1. The number of hydrogen-bond donors (Lipinski definition) is 2. The molecule has 1 aliphatic rings. The SMILES string of the molecule is NNc1nc(SCc2ccccc2)nc2sc3c(c12)CCCC3. The first-order valence-corrected chi connectivity index (χ1v) is 9.61. The second-order valence-electron chi connectivity index (χ2n) is 5.66. The van der Waals surface area contributed by atoms with Crippen LogP contribution in [-0.4, -0.2) is 9.97 Å². The lowest BCUT2D eigenvalue weighted by molar-refractivity contribution is 0.700. The van der Waals surface area contributed by atoms with Crippen LogP contribution in [0.25, 0.3) is 10.2 Å². The van der Waals surface area contributed by atoms with Crippen LogP contribution in [0.4, 0.5) is 5.82 Å². The number of nitrogens with two attached hydrogens (primary N) is 1. The van der Waals surface area contributed by atoms with E-state index in [0.717, 1.165) is 39.8 Å². The molecule has 0 saturated carbocycles. The van der Waals surface area contributed by atoms with Gasteiger partial charge in [-0.25, -0.2) is 15.8 Å². The number of aromatic nitrogens is 2. The molecule has 0 saturated heterocycles. The van der Waals surface area contributed by atoms with Crippen molar-refractivity contribution in [1.29, 1.82) is 0 Å². The zero-order chi connectivity index (χ0) is 15.6. The van der Waals surface area contributed by atoms with Gasteiger partial charge in [-0.2, -0.15) is 0 Å². The normalized spacial score (nSPS) is 14.0. The van der Waals surface area contributed by atoms with Crippen LogP contribution in [0, 0.1) is 0 Å². The Morgan fingerprint density at radius 1 is 1.13 bits per heavy atom. The van der Waals surface area contributed by atoms with Gasteiger partial charge in [0.2, 0.25) is 0 Å². The Kier molecular flexibility index (Phi) is 4.20. The smallest absolute Gasteiger partial charge is 0.191 e. The Morgan fingerprint density at radius 2 is 1.96 bits per heavy atom. The number of thiophene rings is 1. The highest BCUT2D eigenvalue weighted by atomic mass is 32.2. The summed E-state index contributed by atoms with van der Waals surface area (Å²) in [6, 6.07) is 10.4. The van der Waals surface area contributed by atoms with Crippen molar-refractivity contribution in [2.45, 2.75) is 36.6 Å². The first-order chi connectivity index (χ1) is 11.3. The summed E-state index contributed by atoms with van der Waals surface area (Å²) >= 11 is 3.46. The molecule has 6 heteroatoms. The molecule has 0 aliphatic heterocycles. The molecule has 0 bridgehead atoms. The highest BCUT2D eigenvalue weighted by Gasteiger charge is 2.20. The molecular weight excluding hydrogens is 324 g/mol. The Balaban J connectivity index is 1.68. The zero-order valence-corrected chi connectivity index (χ0v) is 14.3. The van der Waals surface area contributed by atoms with Crippen molar-refractivity contribution < 1.29 is 0 Å². The standard InChI is InChI=1S/C17H18N4S2/c18-21-15-14-12-8-4-5-9-13(12)23-16(14)20-17(19-15)22-10-11-6-2-1-3-7-11/h1-3,6-7H,4-5,8-10,18H2,(H,19,20,21). The van der Waals surface area contributed by atoms with Gasteiger partial charge in [0.05, 0.1) is 5.39 Å². The maximum Gasteiger partial charge on any atom is 0.191 e. The van der Waals surface area contributed by atoms with E-state index < -0.39 is 0 Å². The fourth-order valence-electron chi connectivity index (χ4n) is 3.03. The van der Waals surface area contributed by atoms with Gasteiger partial charge in [-0.3, -0.25) is 0 Å². The molecule has 0 amide bonds. The van der Waals surface area contributed by atoms with Crippen LogP contribution in [0.15, 0.2) is 35.5 Å². The highest BCUT2D eigenvalue weighted by Crippen LogP contribution is 2.39. The molecule has 4 nitrogen and oxygen atoms in total. The lowest BCUT2D eigenvalue weighted by Crippen LogP contribution is -2.10. The molecule has 23 heavy (non-hydrogen) atoms. The zero-order valence-electron chi connectivity index (χ0n) is 12.7. The monoisotopic (exact) mass is 342 g/mol. The van der Waals surface area contributed by atoms with Gasteiger partial charge in [-0.1, -0.05) is 42.1 Å². The van der Waals surface area contributed by atoms with Crippen LogP contribution in [0.5, 0.6) is 0 Å². The van der Waals surface area contributed by atoms with E-state index in [4.69, 9.17) is 10.8 Å². The maximum absolute atomic E-state index is 5.74. The molecule has 0 radical (unpaired) electrons. The number of nitrogens with one attached hydrogen (secondary N) is 1. The van der Waals surface area contributed by atoms with Crippen LogP contribution in [0.3, 0.4) is 0 Å². The van der Waals surface area contributed by atoms with E-state index in [1.807, 2.05) is 6.07 Å². The molecule has 1 aromatic carbocycles. The third kappa shape index (κ3) is 2.94. The van der Waals surface area contributed by atoms with Crippen molar-refractivity contribution in [1.82, 2.24) is 9.97 Å². The summed E-state index contributed by atoms with van der Waals surface area (Å²) in [5, 5.41) is 1.92. The van der Waals surface area contributed by atoms with Crippen molar-refractivity contribution >= 4 is 39.1 Å². The second-order valence-corrected chi connectivity index (χ2v) is 7.69. The van der Waals surface area contributed by atoms with Gasteiger partial charge in [0.15, 0.2) is 11.0 Å². The third-order valence-corrected chi connectivity index (χ3v) is 6.25. The molecule has 0 unspecified atom stereocenters. The van der Waals surface area contributed by atoms with Crippen LogP contribution < -0.4 is 11.3 Å². The molecule has 2 heterocycles. The van der Waals surface area contributed by atoms with Crippen molar-refractivity contribution in [3.8, 4) is 0 Å². The van der Waals surface area contributed by atoms with Crippen molar-refractivity contribution in [3.63, 3.8) is 0 Å². The van der Waals surface area contributed by atoms with Crippen molar-refractivity contribution in [2.24, 2.45) is 5.84 Å². The number of fused-ring (bicyclic) bond motifs is 3. The van der Waals surface area contributed by atoms with Crippen LogP contribution >= 0.6 is 23.1 Å². The largest absolute Gasteiger partial charge is 0.308 e. The Morgan fingerprint density at radius 3 is 2.78 bits per heavy atom. The molecule has 0 spiro atoms. The van der Waals surface area contributed by atoms with Crippen LogP contribution in [0.2, 0.25) is 0 Å². The molecule has 3 N–H and O–H groups in total. The summed E-state index contributed by atoms with van der Waals surface area (Å²) < 4.78 is 0. The predicted molar refractivity (Wildman–Crippen MR) is 97.9 cm³/mol. The lowest BCUT2D eigenvalue weighted by Gasteiger charge is -2.11. The fraction of sp³-hybridized carbons (Fsp3) is 0.294. The number of anilines is 1. The quantitative estimate of drug-likeness (QED) is 0.323. The van der Waals surface area contributed by atoms with E-state index in [2.05, 4.69) is 34.7 Å². The van der Waals surface area contributed by atoms with Crippen molar-refractivity contribution in [2.75, 3.05) is 5.43 Å². The number of nitrogen functional groups attached to an aromatic ring is 1. The summed E-state index contributed by atoms with van der Waals surface area (Å²) in [7, 11) is 0. The predicted octanol–water partition coefficient (Wildman–Crippen LogP) is 4.15. The lowest BCUT2D eigenvalue weighted by atomic mass is 9.97. The number of aryl methyl sites for hydroxylation is 2. The minimum Gasteiger partial charge on any atom is -0.308 e. The van der Waals surface area contributed by atoms with Crippen LogP contribution in [0.1, 0.15) is 28.8 Å². The van der Waals surface area contributed by atoms with Gasteiger partial charge in [0.25, 0.3) is 0 Å². The molecule has 3 aromatic rings. The second kappa shape index (κ2) is 6.47. The molecule has 4 rings (SSSR count). The van der Waals surface area contributed by atoms with E-state index in [9.17, 15) is 0 Å². The third-order valence-electron chi connectivity index (χ3n) is 4.14. The van der Waals surface area contributed by atoms with E-state index in [-0.39, 0.29) is 0 Å². The van der Waals surface area contributed by atoms with E-state index in [1.165, 1.54) is 28.8 Å². The minimum atomic E-state index is 0.768. The Labute approximate surface area is 143 Å². The van der Waals surface area contributed by atoms with E-state index in [0.29, 0.717) is 0 Å². The Hall–Kier alpha value is -1.63. The van der Waals surface area contributed by atoms with E-state index >= 15 is 0 Å².